The molecular formula is C12H17N3O3S. The molecule has 1 aliphatic rings. The lowest BCUT2D eigenvalue weighted by molar-refractivity contribution is 0.0368. The number of rotatable bonds is 4. The van der Waals surface area contributed by atoms with Crippen LogP contribution in [0.15, 0.2) is 30.3 Å². The maximum absolute atomic E-state index is 12.3. The molecular weight excluding hydrogens is 266 g/mol. The van der Waals surface area contributed by atoms with E-state index in [2.05, 4.69) is 0 Å². The number of nitrogens with one attached hydrogen (secondary N) is 1. The van der Waals surface area contributed by atoms with Gasteiger partial charge < -0.3 is 10.5 Å². The first-order valence-electron chi connectivity index (χ1n) is 5.96. The van der Waals surface area contributed by atoms with Crippen LogP contribution in [0.1, 0.15) is 5.56 Å². The van der Waals surface area contributed by atoms with Gasteiger partial charge in [-0.05, 0) is 5.56 Å². The summed E-state index contributed by atoms with van der Waals surface area (Å²) in [5, 5.41) is 7.34. The molecule has 19 heavy (non-hydrogen) atoms. The van der Waals surface area contributed by atoms with Gasteiger partial charge in [0.05, 0.1) is 12.4 Å². The maximum atomic E-state index is 12.3. The summed E-state index contributed by atoms with van der Waals surface area (Å²) in [6.45, 7) is 0.682. The van der Waals surface area contributed by atoms with Gasteiger partial charge in [0.15, 0.2) is 0 Å². The highest BCUT2D eigenvalue weighted by Crippen LogP contribution is 2.15. The van der Waals surface area contributed by atoms with Crippen molar-refractivity contribution in [1.82, 2.24) is 4.31 Å². The number of ether oxygens (including phenoxy) is 1. The molecule has 0 spiro atoms. The second-order valence-corrected chi connectivity index (χ2v) is 6.38. The largest absolute Gasteiger partial charge is 0.385 e. The predicted octanol–water partition coefficient (Wildman–Crippen LogP) is 0.153. The number of hydrogen-bond acceptors (Lipinski definition) is 4. The van der Waals surface area contributed by atoms with Crippen molar-refractivity contribution in [2.75, 3.05) is 19.7 Å². The fraction of sp³-hybridized carbons (Fsp3) is 0.417. The summed E-state index contributed by atoms with van der Waals surface area (Å²) in [6, 6.07) is 9.02. The molecule has 2 rings (SSSR count). The Morgan fingerprint density at radius 1 is 1.42 bits per heavy atom. The molecule has 3 N–H and O–H groups in total. The van der Waals surface area contributed by atoms with Crippen molar-refractivity contribution in [3.8, 4) is 0 Å². The van der Waals surface area contributed by atoms with Crippen LogP contribution in [-0.2, 0) is 20.5 Å². The Kier molecular flexibility index (Phi) is 4.18. The Labute approximate surface area is 112 Å². The predicted molar refractivity (Wildman–Crippen MR) is 72.3 cm³/mol. The van der Waals surface area contributed by atoms with E-state index in [1.807, 2.05) is 18.2 Å². The zero-order valence-electron chi connectivity index (χ0n) is 10.5. The highest BCUT2D eigenvalue weighted by atomic mass is 32.2. The second kappa shape index (κ2) is 5.68. The van der Waals surface area contributed by atoms with Crippen LogP contribution in [0.5, 0.6) is 0 Å². The van der Waals surface area contributed by atoms with Crippen LogP contribution in [0.3, 0.4) is 0 Å². The van der Waals surface area contributed by atoms with E-state index in [1.165, 1.54) is 4.31 Å². The van der Waals surface area contributed by atoms with Gasteiger partial charge in [0.1, 0.15) is 11.9 Å². The third-order valence-electron chi connectivity index (χ3n) is 2.96. The molecule has 0 amide bonds. The lowest BCUT2D eigenvalue weighted by Crippen LogP contribution is -2.50. The normalized spacial score (nSPS) is 21.2. The van der Waals surface area contributed by atoms with Gasteiger partial charge in [0.2, 0.25) is 10.0 Å². The number of benzene rings is 1. The van der Waals surface area contributed by atoms with Gasteiger partial charge in [-0.1, -0.05) is 30.3 Å². The number of sulfonamides is 1. The summed E-state index contributed by atoms with van der Waals surface area (Å²) < 4.78 is 31.2. The lowest BCUT2D eigenvalue weighted by atomic mass is 10.2. The quantitative estimate of drug-likeness (QED) is 0.607. The van der Waals surface area contributed by atoms with Crippen LogP contribution in [0.4, 0.5) is 0 Å². The van der Waals surface area contributed by atoms with E-state index in [0.717, 1.165) is 5.56 Å². The van der Waals surface area contributed by atoms with Gasteiger partial charge in [-0.25, -0.2) is 8.42 Å². The average Bonchev–Trinajstić information content (AvgIpc) is 2.39. The number of nitrogens with two attached hydrogens (primary N) is 1. The van der Waals surface area contributed by atoms with Gasteiger partial charge in [-0.3, -0.25) is 5.41 Å². The first-order valence-corrected chi connectivity index (χ1v) is 7.57. The van der Waals surface area contributed by atoms with Crippen LogP contribution in [-0.4, -0.2) is 44.4 Å². The monoisotopic (exact) mass is 283 g/mol. The molecule has 6 nitrogen and oxygen atoms in total. The standard InChI is InChI=1S/C12H17N3O3S/c13-12(14)11-8-15(6-7-18-11)19(16,17)9-10-4-2-1-3-5-10/h1-5,11H,6-9H2,(H3,13,14). The van der Waals surface area contributed by atoms with Crippen molar-refractivity contribution in [1.29, 1.82) is 5.41 Å². The van der Waals surface area contributed by atoms with Crippen LogP contribution in [0.25, 0.3) is 0 Å². The molecule has 104 valence electrons. The summed E-state index contributed by atoms with van der Waals surface area (Å²) in [5.41, 5.74) is 6.11. The molecule has 0 saturated carbocycles. The molecule has 1 unspecified atom stereocenters. The molecule has 1 aromatic carbocycles. The Morgan fingerprint density at radius 2 is 2.11 bits per heavy atom. The van der Waals surface area contributed by atoms with E-state index in [-0.39, 0.29) is 24.7 Å². The zero-order chi connectivity index (χ0) is 13.9. The Balaban J connectivity index is 2.09. The van der Waals surface area contributed by atoms with E-state index in [1.54, 1.807) is 12.1 Å². The molecule has 0 aromatic heterocycles. The first-order chi connectivity index (χ1) is 8.99. The fourth-order valence-corrected chi connectivity index (χ4v) is 3.45. The average molecular weight is 283 g/mol. The molecule has 1 heterocycles. The zero-order valence-corrected chi connectivity index (χ0v) is 11.3. The van der Waals surface area contributed by atoms with Crippen molar-refractivity contribution in [2.45, 2.75) is 11.9 Å². The molecule has 1 atom stereocenters. The smallest absolute Gasteiger partial charge is 0.218 e. The van der Waals surface area contributed by atoms with Gasteiger partial charge in [0.25, 0.3) is 0 Å². The number of amidine groups is 1. The summed E-state index contributed by atoms with van der Waals surface area (Å²) in [4.78, 5) is 0. The van der Waals surface area contributed by atoms with Gasteiger partial charge in [-0.15, -0.1) is 0 Å². The highest BCUT2D eigenvalue weighted by Gasteiger charge is 2.30. The van der Waals surface area contributed by atoms with Gasteiger partial charge in [-0.2, -0.15) is 4.31 Å². The van der Waals surface area contributed by atoms with E-state index in [4.69, 9.17) is 15.9 Å². The molecule has 0 bridgehead atoms. The van der Waals surface area contributed by atoms with E-state index in [9.17, 15) is 8.42 Å². The molecule has 1 fully saturated rings. The SMILES string of the molecule is N=C(N)C1CN(S(=O)(=O)Cc2ccccc2)CCO1. The lowest BCUT2D eigenvalue weighted by Gasteiger charge is -2.31. The summed E-state index contributed by atoms with van der Waals surface area (Å²) >= 11 is 0. The van der Waals surface area contributed by atoms with Crippen molar-refractivity contribution >= 4 is 15.9 Å². The Morgan fingerprint density at radius 3 is 2.74 bits per heavy atom. The molecule has 0 aliphatic carbocycles. The molecule has 1 saturated heterocycles. The molecule has 1 aliphatic heterocycles. The van der Waals surface area contributed by atoms with E-state index < -0.39 is 16.1 Å². The van der Waals surface area contributed by atoms with Crippen molar-refractivity contribution in [3.63, 3.8) is 0 Å². The van der Waals surface area contributed by atoms with Gasteiger partial charge >= 0.3 is 0 Å². The molecule has 1 aromatic rings. The Hall–Kier alpha value is -1.44. The number of morpholine rings is 1. The molecule has 7 heteroatoms. The van der Waals surface area contributed by atoms with Crippen molar-refractivity contribution in [3.05, 3.63) is 35.9 Å². The number of nitrogens with zero attached hydrogens (tertiary/aromatic N) is 1. The third kappa shape index (κ3) is 3.52. The summed E-state index contributed by atoms with van der Waals surface area (Å²) in [6.07, 6.45) is -0.640. The third-order valence-corrected chi connectivity index (χ3v) is 4.78. The van der Waals surface area contributed by atoms with Crippen LogP contribution in [0, 0.1) is 5.41 Å². The summed E-state index contributed by atoms with van der Waals surface area (Å²) in [7, 11) is -3.40. The minimum absolute atomic E-state index is 0.0432. The van der Waals surface area contributed by atoms with Crippen LogP contribution < -0.4 is 5.73 Å². The fourth-order valence-electron chi connectivity index (χ4n) is 1.94. The number of hydrogen-bond donors (Lipinski definition) is 2. The van der Waals surface area contributed by atoms with Crippen LogP contribution >= 0.6 is 0 Å². The maximum Gasteiger partial charge on any atom is 0.218 e. The minimum Gasteiger partial charge on any atom is -0.385 e. The van der Waals surface area contributed by atoms with Crippen LogP contribution in [0.2, 0.25) is 0 Å². The second-order valence-electron chi connectivity index (χ2n) is 4.41. The van der Waals surface area contributed by atoms with E-state index in [0.29, 0.717) is 6.54 Å². The van der Waals surface area contributed by atoms with Crippen molar-refractivity contribution in [2.24, 2.45) is 5.73 Å². The van der Waals surface area contributed by atoms with E-state index >= 15 is 0 Å². The first kappa shape index (κ1) is 14.0. The Bertz CT molecular complexity index is 545. The van der Waals surface area contributed by atoms with Crippen molar-refractivity contribution < 1.29 is 13.2 Å². The minimum atomic E-state index is -3.40. The summed E-state index contributed by atoms with van der Waals surface area (Å²) in [5.74, 6) is -0.182. The van der Waals surface area contributed by atoms with Gasteiger partial charge in [0, 0.05) is 13.1 Å². The highest BCUT2D eigenvalue weighted by molar-refractivity contribution is 7.88. The topological polar surface area (TPSA) is 96.5 Å². The molecule has 0 radical (unpaired) electrons.